The van der Waals surface area contributed by atoms with Crippen molar-refractivity contribution in [3.63, 3.8) is 0 Å². The molecule has 0 bridgehead atoms. The molecule has 2 atom stereocenters. The van der Waals surface area contributed by atoms with Crippen LogP contribution in [0.4, 0.5) is 0 Å². The molecule has 2 fully saturated rings. The molecule has 33 heavy (non-hydrogen) atoms. The van der Waals surface area contributed by atoms with E-state index in [0.29, 0.717) is 36.2 Å². The molecular formula is C27H36Cl2N2O2. The fourth-order valence-electron chi connectivity index (χ4n) is 4.93. The summed E-state index contributed by atoms with van der Waals surface area (Å²) < 4.78 is 0. The number of carbonyl (C=O) groups is 1. The lowest BCUT2D eigenvalue weighted by Gasteiger charge is -2.30. The molecule has 4 nitrogen and oxygen atoms in total. The third kappa shape index (κ3) is 7.58. The third-order valence-electron chi connectivity index (χ3n) is 6.83. The molecule has 3 N–H and O–H groups in total. The number of nitrogens with one attached hydrogen (secondary N) is 2. The van der Waals surface area contributed by atoms with Crippen LogP contribution in [0.15, 0.2) is 60.2 Å². The molecule has 0 aliphatic heterocycles. The van der Waals surface area contributed by atoms with Gasteiger partial charge in [0, 0.05) is 24.7 Å². The van der Waals surface area contributed by atoms with Crippen molar-refractivity contribution >= 4 is 36.9 Å². The SMILES string of the molecule is CCC(=Cc1ccccc1)[C@@H]1C[C@H]1NC1CCC(NCc2ccccc2C(=O)O)CC1.Cl.Cl. The van der Waals surface area contributed by atoms with Gasteiger partial charge in [-0.05, 0) is 61.6 Å². The molecule has 2 aromatic carbocycles. The van der Waals surface area contributed by atoms with Crippen LogP contribution in [0, 0.1) is 5.92 Å². The molecule has 0 spiro atoms. The van der Waals surface area contributed by atoms with Gasteiger partial charge in [-0.2, -0.15) is 0 Å². The summed E-state index contributed by atoms with van der Waals surface area (Å²) in [7, 11) is 0. The van der Waals surface area contributed by atoms with Gasteiger partial charge in [0.15, 0.2) is 0 Å². The summed E-state index contributed by atoms with van der Waals surface area (Å²) in [6.45, 7) is 2.89. The Hall–Kier alpha value is -1.85. The van der Waals surface area contributed by atoms with Crippen LogP contribution in [0.5, 0.6) is 0 Å². The van der Waals surface area contributed by atoms with Crippen molar-refractivity contribution in [2.45, 2.75) is 70.1 Å². The number of hydrogen-bond acceptors (Lipinski definition) is 3. The Balaban J connectivity index is 0.00000193. The van der Waals surface area contributed by atoms with Gasteiger partial charge in [0.2, 0.25) is 0 Å². The van der Waals surface area contributed by atoms with Crippen LogP contribution in [0.25, 0.3) is 6.08 Å². The molecule has 4 rings (SSSR count). The highest BCUT2D eigenvalue weighted by molar-refractivity contribution is 5.89. The molecule has 6 heteroatoms. The highest BCUT2D eigenvalue weighted by Gasteiger charge is 2.40. The lowest BCUT2D eigenvalue weighted by atomic mass is 9.90. The second-order valence-electron chi connectivity index (χ2n) is 8.99. The van der Waals surface area contributed by atoms with Gasteiger partial charge in [-0.25, -0.2) is 4.79 Å². The van der Waals surface area contributed by atoms with Crippen LogP contribution in [0.1, 0.15) is 66.9 Å². The maximum Gasteiger partial charge on any atom is 0.336 e. The van der Waals surface area contributed by atoms with E-state index in [1.165, 1.54) is 24.8 Å². The largest absolute Gasteiger partial charge is 0.478 e. The van der Waals surface area contributed by atoms with Crippen molar-refractivity contribution in [3.8, 4) is 0 Å². The number of carboxylic acids is 1. The van der Waals surface area contributed by atoms with Gasteiger partial charge in [0.05, 0.1) is 5.56 Å². The molecule has 2 aliphatic rings. The predicted molar refractivity (Wildman–Crippen MR) is 141 cm³/mol. The van der Waals surface area contributed by atoms with Crippen LogP contribution in [0.3, 0.4) is 0 Å². The van der Waals surface area contributed by atoms with Crippen LogP contribution < -0.4 is 10.6 Å². The van der Waals surface area contributed by atoms with Crippen molar-refractivity contribution in [1.82, 2.24) is 10.6 Å². The van der Waals surface area contributed by atoms with Gasteiger partial charge in [-0.15, -0.1) is 24.8 Å². The Bertz CT molecular complexity index is 911. The monoisotopic (exact) mass is 490 g/mol. The molecular weight excluding hydrogens is 455 g/mol. The topological polar surface area (TPSA) is 61.4 Å². The molecule has 180 valence electrons. The minimum absolute atomic E-state index is 0. The summed E-state index contributed by atoms with van der Waals surface area (Å²) >= 11 is 0. The predicted octanol–water partition coefficient (Wildman–Crippen LogP) is 6.10. The third-order valence-corrected chi connectivity index (χ3v) is 6.83. The molecule has 2 aromatic rings. The summed E-state index contributed by atoms with van der Waals surface area (Å²) in [5.41, 5.74) is 4.14. The van der Waals surface area contributed by atoms with Crippen LogP contribution in [-0.2, 0) is 6.54 Å². The van der Waals surface area contributed by atoms with Crippen LogP contribution >= 0.6 is 24.8 Å². The Morgan fingerprint density at radius 3 is 2.27 bits per heavy atom. The van der Waals surface area contributed by atoms with Crippen molar-refractivity contribution in [2.24, 2.45) is 5.92 Å². The first-order valence-electron chi connectivity index (χ1n) is 11.7. The van der Waals surface area contributed by atoms with Gasteiger partial charge in [-0.1, -0.05) is 67.1 Å². The zero-order valence-electron chi connectivity index (χ0n) is 19.2. The number of hydrogen-bond donors (Lipinski definition) is 3. The summed E-state index contributed by atoms with van der Waals surface area (Å²) in [6.07, 6.45) is 9.41. The van der Waals surface area contributed by atoms with Crippen molar-refractivity contribution in [2.75, 3.05) is 0 Å². The first kappa shape index (κ1) is 27.4. The summed E-state index contributed by atoms with van der Waals surface area (Å²) in [5.74, 6) is -0.161. The Morgan fingerprint density at radius 2 is 1.61 bits per heavy atom. The molecule has 0 amide bonds. The summed E-state index contributed by atoms with van der Waals surface area (Å²) in [5, 5.41) is 16.8. The maximum atomic E-state index is 11.4. The fourth-order valence-corrected chi connectivity index (χ4v) is 4.93. The van der Waals surface area contributed by atoms with E-state index in [1.54, 1.807) is 17.7 Å². The van der Waals surface area contributed by atoms with Gasteiger partial charge in [-0.3, -0.25) is 0 Å². The quantitative estimate of drug-likeness (QED) is 0.397. The summed E-state index contributed by atoms with van der Waals surface area (Å²) in [4.78, 5) is 11.4. The van der Waals surface area contributed by atoms with Crippen molar-refractivity contribution < 1.29 is 9.90 Å². The van der Waals surface area contributed by atoms with Crippen molar-refractivity contribution in [1.29, 1.82) is 0 Å². The molecule has 0 aromatic heterocycles. The molecule has 0 heterocycles. The lowest BCUT2D eigenvalue weighted by Crippen LogP contribution is -2.41. The lowest BCUT2D eigenvalue weighted by molar-refractivity contribution is 0.0695. The maximum absolute atomic E-state index is 11.4. The van der Waals surface area contributed by atoms with Crippen molar-refractivity contribution in [3.05, 3.63) is 76.9 Å². The van der Waals surface area contributed by atoms with Crippen LogP contribution in [0.2, 0.25) is 0 Å². The van der Waals surface area contributed by atoms with E-state index >= 15 is 0 Å². The van der Waals surface area contributed by atoms with E-state index in [2.05, 4.69) is 54.0 Å². The second-order valence-corrected chi connectivity index (χ2v) is 8.99. The Labute approximate surface area is 210 Å². The van der Waals surface area contributed by atoms with Gasteiger partial charge in [0.1, 0.15) is 0 Å². The average molecular weight is 492 g/mol. The number of carboxylic acid groups (broad SMARTS) is 1. The fraction of sp³-hybridized carbons (Fsp3) is 0.444. The van der Waals surface area contributed by atoms with E-state index in [-0.39, 0.29) is 24.8 Å². The standard InChI is InChI=1S/C27H34N2O2.2ClH/c1-2-20(16-19-8-4-3-5-9-19)25-17-26(25)29-23-14-12-22(13-15-23)28-18-21-10-6-7-11-24(21)27(30)31;;/h3-11,16,22-23,25-26,28-29H,2,12-15,17-18H2,1H3,(H,30,31);2*1H/t22?,23?,25-,26+;;/m0../s1. The first-order valence-corrected chi connectivity index (χ1v) is 11.7. The smallest absolute Gasteiger partial charge is 0.336 e. The molecule has 0 saturated heterocycles. The zero-order chi connectivity index (χ0) is 21.6. The highest BCUT2D eigenvalue weighted by atomic mass is 35.5. The van der Waals surface area contributed by atoms with E-state index < -0.39 is 5.97 Å². The van der Waals surface area contributed by atoms with E-state index in [0.717, 1.165) is 24.8 Å². The number of aromatic carboxylic acids is 1. The summed E-state index contributed by atoms with van der Waals surface area (Å²) in [6, 6.07) is 19.6. The second kappa shape index (κ2) is 13.1. The number of rotatable bonds is 9. The number of halogens is 2. The van der Waals surface area contributed by atoms with Gasteiger partial charge < -0.3 is 15.7 Å². The average Bonchev–Trinajstić information content (AvgIpc) is 3.56. The van der Waals surface area contributed by atoms with E-state index in [1.807, 2.05) is 12.1 Å². The minimum Gasteiger partial charge on any atom is -0.478 e. The van der Waals surface area contributed by atoms with Crippen LogP contribution in [-0.4, -0.2) is 29.2 Å². The Kier molecular flexibility index (Phi) is 10.9. The zero-order valence-corrected chi connectivity index (χ0v) is 20.8. The molecule has 2 saturated carbocycles. The minimum atomic E-state index is -0.850. The number of benzene rings is 2. The highest BCUT2D eigenvalue weighted by Crippen LogP contribution is 2.40. The van der Waals surface area contributed by atoms with Gasteiger partial charge in [0.25, 0.3) is 0 Å². The normalized spacial score (nSPS) is 24.3. The first-order chi connectivity index (χ1) is 15.1. The molecule has 2 aliphatic carbocycles. The van der Waals surface area contributed by atoms with E-state index in [9.17, 15) is 9.90 Å². The molecule has 0 unspecified atom stereocenters. The van der Waals surface area contributed by atoms with Gasteiger partial charge >= 0.3 is 5.97 Å². The molecule has 0 radical (unpaired) electrons. The van der Waals surface area contributed by atoms with E-state index in [4.69, 9.17) is 0 Å². The Morgan fingerprint density at radius 1 is 0.970 bits per heavy atom.